The van der Waals surface area contributed by atoms with Gasteiger partial charge in [-0.3, -0.25) is 4.98 Å². The number of pyridine rings is 1. The van der Waals surface area contributed by atoms with Crippen LogP contribution in [0.1, 0.15) is 23.1 Å². The monoisotopic (exact) mass is 256 g/mol. The highest BCUT2D eigenvalue weighted by Crippen LogP contribution is 2.32. The van der Waals surface area contributed by atoms with Gasteiger partial charge in [-0.15, -0.1) is 0 Å². The van der Waals surface area contributed by atoms with Crippen LogP contribution in [0.3, 0.4) is 0 Å². The van der Waals surface area contributed by atoms with Crippen molar-refractivity contribution in [2.75, 3.05) is 11.4 Å². The Morgan fingerprint density at radius 2 is 2.26 bits per heavy atom. The second-order valence-electron chi connectivity index (χ2n) is 5.14. The van der Waals surface area contributed by atoms with Crippen molar-refractivity contribution < 1.29 is 4.39 Å². The zero-order chi connectivity index (χ0) is 13.2. The molecule has 0 amide bonds. The number of fused-ring (bicyclic) bond motifs is 1. The smallest absolute Gasteiger partial charge is 0.147 e. The Hall–Kier alpha value is -1.90. The predicted octanol–water partition coefficient (Wildman–Crippen LogP) is 3.48. The largest absolute Gasteiger partial charge is 0.365 e. The number of hydrogen-bond donors (Lipinski definition) is 0. The Labute approximate surface area is 112 Å². The van der Waals surface area contributed by atoms with Crippen LogP contribution in [0.15, 0.2) is 36.7 Å². The van der Waals surface area contributed by atoms with Crippen LogP contribution < -0.4 is 4.90 Å². The van der Waals surface area contributed by atoms with Crippen molar-refractivity contribution >= 4 is 5.69 Å². The maximum absolute atomic E-state index is 14.2. The maximum Gasteiger partial charge on any atom is 0.147 e. The van der Waals surface area contributed by atoms with Crippen molar-refractivity contribution in [1.29, 1.82) is 0 Å². The van der Waals surface area contributed by atoms with E-state index in [1.165, 1.54) is 0 Å². The van der Waals surface area contributed by atoms with Gasteiger partial charge in [-0.05, 0) is 48.6 Å². The maximum atomic E-state index is 14.2. The molecule has 2 nitrogen and oxygen atoms in total. The van der Waals surface area contributed by atoms with E-state index in [-0.39, 0.29) is 5.82 Å². The summed E-state index contributed by atoms with van der Waals surface area (Å²) in [4.78, 5) is 6.25. The van der Waals surface area contributed by atoms with Crippen molar-refractivity contribution in [3.05, 3.63) is 59.2 Å². The van der Waals surface area contributed by atoms with E-state index in [4.69, 9.17) is 0 Å². The standard InChI is InChI=1S/C16H17FN2/c1-12-8-14-5-3-7-19(16(14)15(17)9-12)11-13-4-2-6-18-10-13/h2,4,6,8-10H,3,5,7,11H2,1H3. The molecule has 2 heterocycles. The number of benzene rings is 1. The molecule has 0 bridgehead atoms. The fourth-order valence-electron chi connectivity index (χ4n) is 2.79. The van der Waals surface area contributed by atoms with Gasteiger partial charge in [-0.25, -0.2) is 4.39 Å². The van der Waals surface area contributed by atoms with Gasteiger partial charge in [-0.1, -0.05) is 12.1 Å². The average Bonchev–Trinajstić information content (AvgIpc) is 2.39. The molecule has 3 rings (SSSR count). The predicted molar refractivity (Wildman–Crippen MR) is 74.7 cm³/mol. The third kappa shape index (κ3) is 2.46. The number of rotatable bonds is 2. The summed E-state index contributed by atoms with van der Waals surface area (Å²) >= 11 is 0. The normalized spacial score (nSPS) is 14.3. The van der Waals surface area contributed by atoms with Gasteiger partial charge in [0.15, 0.2) is 0 Å². The van der Waals surface area contributed by atoms with Crippen LogP contribution in [0.2, 0.25) is 0 Å². The Bertz CT molecular complexity index is 581. The summed E-state index contributed by atoms with van der Waals surface area (Å²) in [6.45, 7) is 3.58. The van der Waals surface area contributed by atoms with Crippen LogP contribution in [0, 0.1) is 12.7 Å². The molecule has 0 spiro atoms. The Kier molecular flexibility index (Phi) is 3.20. The van der Waals surface area contributed by atoms with Crippen LogP contribution >= 0.6 is 0 Å². The van der Waals surface area contributed by atoms with E-state index in [2.05, 4.69) is 16.0 Å². The van der Waals surface area contributed by atoms with Crippen LogP contribution in [0.5, 0.6) is 0 Å². The molecule has 98 valence electrons. The van der Waals surface area contributed by atoms with E-state index in [0.717, 1.165) is 48.3 Å². The number of hydrogen-bond acceptors (Lipinski definition) is 2. The van der Waals surface area contributed by atoms with E-state index in [0.29, 0.717) is 0 Å². The summed E-state index contributed by atoms with van der Waals surface area (Å²) < 4.78 is 14.2. The molecule has 0 unspecified atom stereocenters. The van der Waals surface area contributed by atoms with Gasteiger partial charge in [0.2, 0.25) is 0 Å². The van der Waals surface area contributed by atoms with E-state index >= 15 is 0 Å². The summed E-state index contributed by atoms with van der Waals surface area (Å²) in [6, 6.07) is 7.69. The Balaban J connectivity index is 1.94. The molecule has 1 aromatic heterocycles. The summed E-state index contributed by atoms with van der Waals surface area (Å²) in [6.07, 6.45) is 5.66. The lowest BCUT2D eigenvalue weighted by Gasteiger charge is -2.32. The minimum Gasteiger partial charge on any atom is -0.365 e. The summed E-state index contributed by atoms with van der Waals surface area (Å²) in [7, 11) is 0. The first-order valence-corrected chi connectivity index (χ1v) is 6.67. The molecule has 2 aromatic rings. The SMILES string of the molecule is Cc1cc(F)c2c(c1)CCCN2Cc1cccnc1. The highest BCUT2D eigenvalue weighted by molar-refractivity contribution is 5.58. The first-order chi connectivity index (χ1) is 9.24. The van der Waals surface area contributed by atoms with Crippen molar-refractivity contribution in [3.63, 3.8) is 0 Å². The van der Waals surface area contributed by atoms with Crippen molar-refractivity contribution in [2.24, 2.45) is 0 Å². The van der Waals surface area contributed by atoms with Gasteiger partial charge >= 0.3 is 0 Å². The molecule has 1 aliphatic heterocycles. The topological polar surface area (TPSA) is 16.1 Å². The molecule has 0 atom stereocenters. The summed E-state index contributed by atoms with van der Waals surface area (Å²) in [5, 5.41) is 0. The summed E-state index contributed by atoms with van der Waals surface area (Å²) in [5.41, 5.74) is 4.03. The van der Waals surface area contributed by atoms with Gasteiger partial charge < -0.3 is 4.90 Å². The molecule has 1 aliphatic rings. The third-order valence-electron chi connectivity index (χ3n) is 3.57. The highest BCUT2D eigenvalue weighted by atomic mass is 19.1. The number of nitrogens with zero attached hydrogens (tertiary/aromatic N) is 2. The molecule has 0 fully saturated rings. The average molecular weight is 256 g/mol. The van der Waals surface area contributed by atoms with E-state index < -0.39 is 0 Å². The fourth-order valence-corrected chi connectivity index (χ4v) is 2.79. The molecule has 0 saturated heterocycles. The van der Waals surface area contributed by atoms with E-state index in [1.807, 2.05) is 25.3 Å². The van der Waals surface area contributed by atoms with Crippen molar-refractivity contribution in [3.8, 4) is 0 Å². The lowest BCUT2D eigenvalue weighted by atomic mass is 9.98. The second-order valence-corrected chi connectivity index (χ2v) is 5.14. The number of anilines is 1. The van der Waals surface area contributed by atoms with Crippen LogP contribution in [0.4, 0.5) is 10.1 Å². The first-order valence-electron chi connectivity index (χ1n) is 6.67. The van der Waals surface area contributed by atoms with Gasteiger partial charge in [0.05, 0.1) is 5.69 Å². The molecule has 19 heavy (non-hydrogen) atoms. The first kappa shape index (κ1) is 12.2. The van der Waals surface area contributed by atoms with Gasteiger partial charge in [0, 0.05) is 25.5 Å². The van der Waals surface area contributed by atoms with Crippen LogP contribution in [-0.2, 0) is 13.0 Å². The zero-order valence-electron chi connectivity index (χ0n) is 11.1. The molecule has 0 aliphatic carbocycles. The van der Waals surface area contributed by atoms with Gasteiger partial charge in [-0.2, -0.15) is 0 Å². The van der Waals surface area contributed by atoms with Crippen LogP contribution in [0.25, 0.3) is 0 Å². The van der Waals surface area contributed by atoms with Gasteiger partial charge in [0.1, 0.15) is 5.82 Å². The second kappa shape index (κ2) is 5.00. The molecular weight excluding hydrogens is 239 g/mol. The summed E-state index contributed by atoms with van der Waals surface area (Å²) in [5.74, 6) is -0.0985. The molecule has 0 radical (unpaired) electrons. The Morgan fingerprint density at radius 1 is 1.37 bits per heavy atom. The van der Waals surface area contributed by atoms with Crippen molar-refractivity contribution in [2.45, 2.75) is 26.3 Å². The highest BCUT2D eigenvalue weighted by Gasteiger charge is 2.21. The Morgan fingerprint density at radius 3 is 3.05 bits per heavy atom. The van der Waals surface area contributed by atoms with Crippen LogP contribution in [-0.4, -0.2) is 11.5 Å². The number of aromatic nitrogens is 1. The van der Waals surface area contributed by atoms with E-state index in [9.17, 15) is 4.39 Å². The lowest BCUT2D eigenvalue weighted by molar-refractivity contribution is 0.594. The molecule has 3 heteroatoms. The molecular formula is C16H17FN2. The fraction of sp³-hybridized carbons (Fsp3) is 0.312. The quantitative estimate of drug-likeness (QED) is 0.817. The minimum absolute atomic E-state index is 0.0985. The van der Waals surface area contributed by atoms with Gasteiger partial charge in [0.25, 0.3) is 0 Å². The van der Waals surface area contributed by atoms with Crippen molar-refractivity contribution in [1.82, 2.24) is 4.98 Å². The number of halogens is 1. The third-order valence-corrected chi connectivity index (χ3v) is 3.57. The lowest BCUT2D eigenvalue weighted by Crippen LogP contribution is -2.30. The zero-order valence-corrected chi connectivity index (χ0v) is 11.1. The minimum atomic E-state index is -0.0985. The molecule has 0 N–H and O–H groups in total. The molecule has 1 aromatic carbocycles. The molecule has 0 saturated carbocycles. The number of aryl methyl sites for hydroxylation is 2. The van der Waals surface area contributed by atoms with E-state index in [1.54, 1.807) is 12.3 Å².